The largest absolute Gasteiger partial charge is 0.497 e. The molecule has 22 heavy (non-hydrogen) atoms. The second kappa shape index (κ2) is 9.01. The van der Waals surface area contributed by atoms with E-state index in [1.165, 1.54) is 5.56 Å². The van der Waals surface area contributed by atoms with E-state index in [2.05, 4.69) is 31.3 Å². The predicted molar refractivity (Wildman–Crippen MR) is 91.8 cm³/mol. The Morgan fingerprint density at radius 2 is 2.00 bits per heavy atom. The zero-order chi connectivity index (χ0) is 15.2. The summed E-state index contributed by atoms with van der Waals surface area (Å²) in [5, 5.41) is 3.40. The summed E-state index contributed by atoms with van der Waals surface area (Å²) in [6.07, 6.45) is 2.46. The van der Waals surface area contributed by atoms with Gasteiger partial charge >= 0.3 is 0 Å². The van der Waals surface area contributed by atoms with Crippen molar-refractivity contribution in [3.63, 3.8) is 0 Å². The first-order valence-corrected chi connectivity index (χ1v) is 7.77. The second-order valence-electron chi connectivity index (χ2n) is 5.77. The lowest BCUT2D eigenvalue weighted by molar-refractivity contribution is -0.134. The first kappa shape index (κ1) is 18.8. The van der Waals surface area contributed by atoms with E-state index in [1.807, 2.05) is 17.0 Å². The van der Waals surface area contributed by atoms with Crippen molar-refractivity contribution in [2.45, 2.75) is 45.2 Å². The van der Waals surface area contributed by atoms with E-state index >= 15 is 0 Å². The van der Waals surface area contributed by atoms with Crippen molar-refractivity contribution < 1.29 is 9.53 Å². The summed E-state index contributed by atoms with van der Waals surface area (Å²) in [4.78, 5) is 14.3. The maximum Gasteiger partial charge on any atom is 0.222 e. The summed E-state index contributed by atoms with van der Waals surface area (Å²) in [6, 6.07) is 8.74. The zero-order valence-corrected chi connectivity index (χ0v) is 14.5. The SMILES string of the molecule is COc1ccc(CCCC(=O)N2CCNC(C)C2C)cc1.Cl. The molecule has 2 atom stereocenters. The fraction of sp³-hybridized carbons (Fsp3) is 0.588. The summed E-state index contributed by atoms with van der Waals surface area (Å²) in [6.45, 7) is 5.99. The molecule has 2 rings (SSSR count). The minimum absolute atomic E-state index is 0. The third-order valence-electron chi connectivity index (χ3n) is 4.37. The maximum absolute atomic E-state index is 12.3. The van der Waals surface area contributed by atoms with Crippen LogP contribution in [0.15, 0.2) is 24.3 Å². The summed E-state index contributed by atoms with van der Waals surface area (Å²) in [5.41, 5.74) is 1.25. The number of hydrogen-bond acceptors (Lipinski definition) is 3. The highest BCUT2D eigenvalue weighted by Gasteiger charge is 2.27. The van der Waals surface area contributed by atoms with Crippen LogP contribution in [0.4, 0.5) is 0 Å². The molecular formula is C17H27ClN2O2. The molecule has 2 unspecified atom stereocenters. The molecule has 0 radical (unpaired) electrons. The molecule has 1 aromatic rings. The number of hydrogen-bond donors (Lipinski definition) is 1. The van der Waals surface area contributed by atoms with E-state index < -0.39 is 0 Å². The van der Waals surface area contributed by atoms with Crippen LogP contribution in [-0.4, -0.2) is 43.1 Å². The van der Waals surface area contributed by atoms with Crippen LogP contribution < -0.4 is 10.1 Å². The van der Waals surface area contributed by atoms with Crippen molar-refractivity contribution in [2.24, 2.45) is 0 Å². The van der Waals surface area contributed by atoms with Gasteiger partial charge in [-0.1, -0.05) is 12.1 Å². The van der Waals surface area contributed by atoms with Gasteiger partial charge in [-0.2, -0.15) is 0 Å². The molecule has 0 aromatic heterocycles. The van der Waals surface area contributed by atoms with Gasteiger partial charge in [0, 0.05) is 31.6 Å². The number of piperazine rings is 1. The van der Waals surface area contributed by atoms with Crippen LogP contribution in [0.1, 0.15) is 32.3 Å². The zero-order valence-electron chi connectivity index (χ0n) is 13.7. The molecule has 1 saturated heterocycles. The average Bonchev–Trinajstić information content (AvgIpc) is 2.50. The Balaban J connectivity index is 0.00000242. The Hall–Kier alpha value is -1.26. The van der Waals surface area contributed by atoms with Gasteiger partial charge in [0.15, 0.2) is 0 Å². The number of rotatable bonds is 5. The van der Waals surface area contributed by atoms with Crippen molar-refractivity contribution in [1.29, 1.82) is 0 Å². The molecule has 124 valence electrons. The molecule has 4 nitrogen and oxygen atoms in total. The highest BCUT2D eigenvalue weighted by molar-refractivity contribution is 5.85. The minimum atomic E-state index is 0. The summed E-state index contributed by atoms with van der Waals surface area (Å²) < 4.78 is 5.15. The monoisotopic (exact) mass is 326 g/mol. The molecule has 1 aliphatic heterocycles. The van der Waals surface area contributed by atoms with E-state index in [-0.39, 0.29) is 24.4 Å². The van der Waals surface area contributed by atoms with Crippen molar-refractivity contribution >= 4 is 18.3 Å². The lowest BCUT2D eigenvalue weighted by Crippen LogP contribution is -2.57. The number of benzene rings is 1. The average molecular weight is 327 g/mol. The Bertz CT molecular complexity index is 464. The summed E-state index contributed by atoms with van der Waals surface area (Å²) in [5.74, 6) is 1.16. The third-order valence-corrected chi connectivity index (χ3v) is 4.37. The van der Waals surface area contributed by atoms with Gasteiger partial charge < -0.3 is 15.0 Å². The molecule has 0 bridgehead atoms. The molecule has 0 saturated carbocycles. The van der Waals surface area contributed by atoms with E-state index in [0.29, 0.717) is 12.5 Å². The van der Waals surface area contributed by atoms with Crippen LogP contribution in [0.25, 0.3) is 0 Å². The lowest BCUT2D eigenvalue weighted by atomic mass is 10.0. The molecule has 1 aromatic carbocycles. The Morgan fingerprint density at radius 3 is 2.64 bits per heavy atom. The Labute approximate surface area is 139 Å². The molecule has 1 heterocycles. The summed E-state index contributed by atoms with van der Waals surface area (Å²) in [7, 11) is 1.67. The van der Waals surface area contributed by atoms with Gasteiger partial charge in [-0.15, -0.1) is 12.4 Å². The molecule has 1 N–H and O–H groups in total. The van der Waals surface area contributed by atoms with Gasteiger partial charge in [0.05, 0.1) is 7.11 Å². The second-order valence-corrected chi connectivity index (χ2v) is 5.77. The van der Waals surface area contributed by atoms with Crippen LogP contribution in [-0.2, 0) is 11.2 Å². The van der Waals surface area contributed by atoms with Gasteiger partial charge in [0.1, 0.15) is 5.75 Å². The van der Waals surface area contributed by atoms with Crippen LogP contribution in [0, 0.1) is 0 Å². The van der Waals surface area contributed by atoms with E-state index in [1.54, 1.807) is 7.11 Å². The van der Waals surface area contributed by atoms with Crippen LogP contribution >= 0.6 is 12.4 Å². The maximum atomic E-state index is 12.3. The number of nitrogens with one attached hydrogen (secondary N) is 1. The van der Waals surface area contributed by atoms with Gasteiger partial charge in [0.2, 0.25) is 5.91 Å². The van der Waals surface area contributed by atoms with E-state index in [9.17, 15) is 4.79 Å². The molecule has 0 spiro atoms. The fourth-order valence-corrected chi connectivity index (χ4v) is 2.79. The highest BCUT2D eigenvalue weighted by Crippen LogP contribution is 2.15. The standard InChI is InChI=1S/C17H26N2O2.ClH/c1-13-14(2)19(12-11-18-13)17(20)6-4-5-15-7-9-16(21-3)10-8-15;/h7-10,13-14,18H,4-6,11-12H2,1-3H3;1H. The molecule has 1 fully saturated rings. The van der Waals surface area contributed by atoms with Crippen LogP contribution in [0.2, 0.25) is 0 Å². The van der Waals surface area contributed by atoms with Gasteiger partial charge in [-0.3, -0.25) is 4.79 Å². The first-order valence-electron chi connectivity index (χ1n) is 7.77. The number of amides is 1. The van der Waals surface area contributed by atoms with E-state index in [4.69, 9.17) is 4.74 Å². The van der Waals surface area contributed by atoms with Crippen LogP contribution in [0.3, 0.4) is 0 Å². The summed E-state index contributed by atoms with van der Waals surface area (Å²) >= 11 is 0. The van der Waals surface area contributed by atoms with Crippen molar-refractivity contribution in [1.82, 2.24) is 10.2 Å². The van der Waals surface area contributed by atoms with Gasteiger partial charge in [-0.05, 0) is 44.4 Å². The number of carbonyl (C=O) groups excluding carboxylic acids is 1. The third kappa shape index (κ3) is 4.89. The van der Waals surface area contributed by atoms with E-state index in [0.717, 1.165) is 31.7 Å². The fourth-order valence-electron chi connectivity index (χ4n) is 2.79. The van der Waals surface area contributed by atoms with Crippen LogP contribution in [0.5, 0.6) is 5.75 Å². The quantitative estimate of drug-likeness (QED) is 0.904. The number of halogens is 1. The Kier molecular flexibility index (Phi) is 7.69. The predicted octanol–water partition coefficient (Wildman–Crippen LogP) is 2.65. The number of carbonyl (C=O) groups is 1. The minimum Gasteiger partial charge on any atom is -0.497 e. The van der Waals surface area contributed by atoms with Gasteiger partial charge in [-0.25, -0.2) is 0 Å². The number of aryl methyl sites for hydroxylation is 1. The molecule has 0 aliphatic carbocycles. The normalized spacial score (nSPS) is 21.1. The molecule has 5 heteroatoms. The van der Waals surface area contributed by atoms with Crippen molar-refractivity contribution in [3.8, 4) is 5.75 Å². The molecular weight excluding hydrogens is 300 g/mol. The van der Waals surface area contributed by atoms with Gasteiger partial charge in [0.25, 0.3) is 0 Å². The topological polar surface area (TPSA) is 41.6 Å². The highest BCUT2D eigenvalue weighted by atomic mass is 35.5. The lowest BCUT2D eigenvalue weighted by Gasteiger charge is -2.38. The number of nitrogens with zero attached hydrogens (tertiary/aromatic N) is 1. The first-order chi connectivity index (χ1) is 10.1. The number of methoxy groups -OCH3 is 1. The van der Waals surface area contributed by atoms with Crippen molar-refractivity contribution in [3.05, 3.63) is 29.8 Å². The molecule has 1 amide bonds. The Morgan fingerprint density at radius 1 is 1.32 bits per heavy atom. The molecule has 1 aliphatic rings. The number of ether oxygens (including phenoxy) is 1. The smallest absolute Gasteiger partial charge is 0.222 e. The van der Waals surface area contributed by atoms with Crippen molar-refractivity contribution in [2.75, 3.05) is 20.2 Å².